The molecule has 10 heteroatoms. The third kappa shape index (κ3) is 14.8. The van der Waals surface area contributed by atoms with Gasteiger partial charge in [0.2, 0.25) is 0 Å². The van der Waals surface area contributed by atoms with Gasteiger partial charge in [0.05, 0.1) is 6.54 Å². The number of piperazine rings is 1. The molecule has 0 aliphatic carbocycles. The molecule has 0 unspecified atom stereocenters. The number of hydrogen-bond donors (Lipinski definition) is 2. The lowest BCUT2D eigenvalue weighted by Crippen LogP contribution is -2.50. The summed E-state index contributed by atoms with van der Waals surface area (Å²) in [5, 5.41) is 6.70. The quantitative estimate of drug-likeness (QED) is 0.174. The van der Waals surface area contributed by atoms with E-state index in [-0.39, 0.29) is 30.1 Å². The van der Waals surface area contributed by atoms with Crippen LogP contribution in [0.25, 0.3) is 0 Å². The molecule has 0 aromatic rings. The second kappa shape index (κ2) is 16.7. The largest absolute Gasteiger partial charge is 0.444 e. The number of aliphatic imine (C=N–C) groups is 1. The Labute approximate surface area is 206 Å². The maximum atomic E-state index is 12.2. The van der Waals surface area contributed by atoms with Crippen molar-refractivity contribution in [3.8, 4) is 0 Å². The standard InChI is InChI=1S/C21H44N6O3.HI/c1-7-22-19(23-9-12-25(5)11-8-18-29-6)24-10-13-26-14-16-27(17-15-26)20(28)30-21(2,3)4;/h7-18H2,1-6H3,(H2,22,23,24);1H. The Bertz CT molecular complexity index is 508. The number of nitrogens with one attached hydrogen (secondary N) is 2. The number of guanidine groups is 1. The Morgan fingerprint density at radius 3 is 2.39 bits per heavy atom. The van der Waals surface area contributed by atoms with E-state index >= 15 is 0 Å². The third-order valence-corrected chi connectivity index (χ3v) is 4.73. The molecule has 0 aromatic carbocycles. The van der Waals surface area contributed by atoms with E-state index in [1.54, 1.807) is 12.0 Å². The number of carbonyl (C=O) groups is 1. The van der Waals surface area contributed by atoms with Gasteiger partial charge in [0.25, 0.3) is 0 Å². The summed E-state index contributed by atoms with van der Waals surface area (Å²) in [7, 11) is 3.86. The first-order valence-corrected chi connectivity index (χ1v) is 11.1. The molecule has 0 saturated carbocycles. The zero-order valence-corrected chi connectivity index (χ0v) is 22.7. The van der Waals surface area contributed by atoms with Gasteiger partial charge in [-0.1, -0.05) is 0 Å². The van der Waals surface area contributed by atoms with E-state index in [1.165, 1.54) is 0 Å². The summed E-state index contributed by atoms with van der Waals surface area (Å²) >= 11 is 0. The first-order valence-electron chi connectivity index (χ1n) is 11.1. The van der Waals surface area contributed by atoms with Gasteiger partial charge in [0, 0.05) is 72.6 Å². The van der Waals surface area contributed by atoms with Gasteiger partial charge >= 0.3 is 6.09 Å². The van der Waals surface area contributed by atoms with Crippen molar-refractivity contribution in [2.45, 2.75) is 39.7 Å². The molecule has 1 aliphatic rings. The highest BCUT2D eigenvalue weighted by Crippen LogP contribution is 2.11. The summed E-state index contributed by atoms with van der Waals surface area (Å²) < 4.78 is 10.6. The van der Waals surface area contributed by atoms with Crippen LogP contribution in [-0.4, -0.2) is 119 Å². The van der Waals surface area contributed by atoms with Gasteiger partial charge in [-0.05, 0) is 41.2 Å². The second-order valence-corrected chi connectivity index (χ2v) is 8.65. The predicted molar refractivity (Wildman–Crippen MR) is 138 cm³/mol. The molecular formula is C21H45IN6O3. The molecule has 31 heavy (non-hydrogen) atoms. The minimum absolute atomic E-state index is 0. The van der Waals surface area contributed by atoms with E-state index in [0.29, 0.717) is 13.1 Å². The van der Waals surface area contributed by atoms with Gasteiger partial charge in [-0.25, -0.2) is 4.79 Å². The summed E-state index contributed by atoms with van der Waals surface area (Å²) in [6.45, 7) is 17.0. The van der Waals surface area contributed by atoms with Gasteiger partial charge in [-0.2, -0.15) is 0 Å². The monoisotopic (exact) mass is 556 g/mol. The van der Waals surface area contributed by atoms with Gasteiger partial charge in [0.15, 0.2) is 5.96 Å². The van der Waals surface area contributed by atoms with E-state index in [1.807, 2.05) is 20.8 Å². The molecule has 2 N–H and O–H groups in total. The van der Waals surface area contributed by atoms with Crippen LogP contribution in [0.5, 0.6) is 0 Å². The number of nitrogens with zero attached hydrogens (tertiary/aromatic N) is 4. The summed E-state index contributed by atoms with van der Waals surface area (Å²) in [5.74, 6) is 0.857. The summed E-state index contributed by atoms with van der Waals surface area (Å²) in [5.41, 5.74) is -0.447. The summed E-state index contributed by atoms with van der Waals surface area (Å²) in [6, 6.07) is 0. The lowest BCUT2D eigenvalue weighted by Gasteiger charge is -2.35. The maximum absolute atomic E-state index is 12.2. The molecule has 1 rings (SSSR count). The topological polar surface area (TPSA) is 81.7 Å². The molecule has 9 nitrogen and oxygen atoms in total. The van der Waals surface area contributed by atoms with Gasteiger partial charge in [-0.3, -0.25) is 9.89 Å². The van der Waals surface area contributed by atoms with Crippen LogP contribution in [0.15, 0.2) is 4.99 Å². The Morgan fingerprint density at radius 2 is 1.81 bits per heavy atom. The lowest BCUT2D eigenvalue weighted by molar-refractivity contribution is 0.0148. The second-order valence-electron chi connectivity index (χ2n) is 8.65. The van der Waals surface area contributed by atoms with Crippen LogP contribution in [0.1, 0.15) is 34.1 Å². The highest BCUT2D eigenvalue weighted by molar-refractivity contribution is 14.0. The molecule has 1 amide bonds. The van der Waals surface area contributed by atoms with Crippen molar-refractivity contribution in [1.82, 2.24) is 25.3 Å². The molecule has 0 radical (unpaired) electrons. The molecule has 0 bridgehead atoms. The van der Waals surface area contributed by atoms with Crippen LogP contribution in [0, 0.1) is 0 Å². The van der Waals surface area contributed by atoms with Crippen molar-refractivity contribution in [2.24, 2.45) is 4.99 Å². The smallest absolute Gasteiger partial charge is 0.410 e. The minimum Gasteiger partial charge on any atom is -0.444 e. The zero-order valence-electron chi connectivity index (χ0n) is 20.4. The molecular weight excluding hydrogens is 511 g/mol. The average Bonchev–Trinajstić information content (AvgIpc) is 2.67. The first kappa shape index (κ1) is 30.1. The first-order chi connectivity index (χ1) is 14.2. The fourth-order valence-electron chi connectivity index (χ4n) is 3.08. The number of rotatable bonds is 11. The minimum atomic E-state index is -0.447. The molecule has 0 spiro atoms. The summed E-state index contributed by atoms with van der Waals surface area (Å²) in [4.78, 5) is 23.3. The molecule has 184 valence electrons. The molecule has 0 atom stereocenters. The van der Waals surface area contributed by atoms with Crippen molar-refractivity contribution >= 4 is 36.0 Å². The van der Waals surface area contributed by atoms with Crippen molar-refractivity contribution in [1.29, 1.82) is 0 Å². The lowest BCUT2D eigenvalue weighted by atomic mass is 10.2. The van der Waals surface area contributed by atoms with Crippen LogP contribution >= 0.6 is 24.0 Å². The van der Waals surface area contributed by atoms with Crippen molar-refractivity contribution in [3.05, 3.63) is 0 Å². The predicted octanol–water partition coefficient (Wildman–Crippen LogP) is 1.68. The van der Waals surface area contributed by atoms with Crippen molar-refractivity contribution in [2.75, 3.05) is 86.2 Å². The number of amides is 1. The number of halogens is 1. The van der Waals surface area contributed by atoms with E-state index in [2.05, 4.69) is 34.4 Å². The van der Waals surface area contributed by atoms with Crippen LogP contribution in [-0.2, 0) is 9.47 Å². The Hall–Kier alpha value is -0.850. The molecule has 0 aromatic heterocycles. The van der Waals surface area contributed by atoms with E-state index in [4.69, 9.17) is 14.5 Å². The van der Waals surface area contributed by atoms with E-state index < -0.39 is 5.60 Å². The highest BCUT2D eigenvalue weighted by Gasteiger charge is 2.25. The Morgan fingerprint density at radius 1 is 1.13 bits per heavy atom. The maximum Gasteiger partial charge on any atom is 0.410 e. The van der Waals surface area contributed by atoms with Gasteiger partial charge in [0.1, 0.15) is 5.60 Å². The molecule has 1 saturated heterocycles. The number of carbonyl (C=O) groups excluding carboxylic acids is 1. The van der Waals surface area contributed by atoms with Crippen LogP contribution < -0.4 is 10.6 Å². The Kier molecular flexibility index (Phi) is 16.3. The number of hydrogen-bond acceptors (Lipinski definition) is 6. The van der Waals surface area contributed by atoms with E-state index in [0.717, 1.165) is 71.3 Å². The molecule has 1 fully saturated rings. The average molecular weight is 557 g/mol. The summed E-state index contributed by atoms with van der Waals surface area (Å²) in [6.07, 6.45) is 0.827. The van der Waals surface area contributed by atoms with Crippen LogP contribution in [0.2, 0.25) is 0 Å². The van der Waals surface area contributed by atoms with Crippen LogP contribution in [0.3, 0.4) is 0 Å². The SMILES string of the molecule is CCNC(=NCCN1CCN(C(=O)OC(C)(C)C)CC1)NCCN(C)CCCOC.I. The van der Waals surface area contributed by atoms with Crippen LogP contribution in [0.4, 0.5) is 4.79 Å². The number of methoxy groups -OCH3 is 1. The molecule has 1 aliphatic heterocycles. The number of ether oxygens (including phenoxy) is 2. The van der Waals surface area contributed by atoms with Crippen molar-refractivity contribution < 1.29 is 14.3 Å². The van der Waals surface area contributed by atoms with Gasteiger partial charge in [-0.15, -0.1) is 24.0 Å². The zero-order chi connectivity index (χ0) is 22.4. The number of likely N-dealkylation sites (N-methyl/N-ethyl adjacent to an activating group) is 1. The fourth-order valence-corrected chi connectivity index (χ4v) is 3.08. The Balaban J connectivity index is 0.00000900. The van der Waals surface area contributed by atoms with E-state index in [9.17, 15) is 4.79 Å². The highest BCUT2D eigenvalue weighted by atomic mass is 127. The fraction of sp³-hybridized carbons (Fsp3) is 0.905. The van der Waals surface area contributed by atoms with Crippen molar-refractivity contribution in [3.63, 3.8) is 0 Å². The normalized spacial score (nSPS) is 15.6. The molecule has 1 heterocycles. The van der Waals surface area contributed by atoms with Gasteiger partial charge < -0.3 is 29.9 Å². The third-order valence-electron chi connectivity index (χ3n) is 4.73.